The first-order chi connectivity index (χ1) is 14.5. The maximum atomic E-state index is 13.2. The second-order valence-electron chi connectivity index (χ2n) is 6.46. The first kappa shape index (κ1) is 19.2. The fraction of sp³-hybridized carbons (Fsp3) is 0.150. The molecule has 2 N–H and O–H groups in total. The van der Waals surface area contributed by atoms with Gasteiger partial charge in [-0.05, 0) is 30.7 Å². The smallest absolute Gasteiger partial charge is 0.357 e. The standard InChI is InChI=1S/C20H16FN5O4/c1-2-15(19-25-16(10-30-19)20(28)29)24-18(27)14-7-22-9-17-13(14)8-23-26(17)12-5-3-11(21)4-6-12/h3-10,15H,2H2,1H3,(H,24,27)(H,28,29). The number of carbonyl (C=O) groups excluding carboxylic acids is 1. The molecule has 0 saturated carbocycles. The Balaban J connectivity index is 1.64. The number of rotatable bonds is 6. The molecule has 10 heteroatoms. The molecular weight excluding hydrogens is 393 g/mol. The zero-order chi connectivity index (χ0) is 21.3. The molecule has 0 radical (unpaired) electrons. The largest absolute Gasteiger partial charge is 0.476 e. The molecule has 0 fully saturated rings. The van der Waals surface area contributed by atoms with Crippen LogP contribution in [0.5, 0.6) is 0 Å². The van der Waals surface area contributed by atoms with E-state index in [1.807, 2.05) is 0 Å². The number of nitrogens with zero attached hydrogens (tertiary/aromatic N) is 4. The minimum absolute atomic E-state index is 0.102. The molecular formula is C20H16FN5O4. The minimum atomic E-state index is -1.21. The number of pyridine rings is 1. The third-order valence-corrected chi connectivity index (χ3v) is 4.57. The number of benzene rings is 1. The van der Waals surface area contributed by atoms with E-state index < -0.39 is 17.9 Å². The Morgan fingerprint density at radius 1 is 1.23 bits per heavy atom. The van der Waals surface area contributed by atoms with Crippen molar-refractivity contribution in [3.05, 3.63) is 72.1 Å². The quantitative estimate of drug-likeness (QED) is 0.501. The highest BCUT2D eigenvalue weighted by atomic mass is 19.1. The first-order valence-corrected chi connectivity index (χ1v) is 9.05. The lowest BCUT2D eigenvalue weighted by molar-refractivity contribution is 0.0690. The van der Waals surface area contributed by atoms with Crippen molar-refractivity contribution in [2.75, 3.05) is 0 Å². The number of oxazole rings is 1. The van der Waals surface area contributed by atoms with Crippen LogP contribution in [0.2, 0.25) is 0 Å². The minimum Gasteiger partial charge on any atom is -0.476 e. The molecule has 0 aliphatic heterocycles. The van der Waals surface area contributed by atoms with Gasteiger partial charge in [-0.25, -0.2) is 18.9 Å². The van der Waals surface area contributed by atoms with Gasteiger partial charge in [-0.3, -0.25) is 9.78 Å². The van der Waals surface area contributed by atoms with Crippen LogP contribution in [0, 0.1) is 5.82 Å². The van der Waals surface area contributed by atoms with Gasteiger partial charge in [0.25, 0.3) is 5.91 Å². The Morgan fingerprint density at radius 2 is 2.00 bits per heavy atom. The lowest BCUT2D eigenvalue weighted by Crippen LogP contribution is -2.28. The Labute approximate surface area is 169 Å². The molecule has 0 aliphatic carbocycles. The molecule has 0 bridgehead atoms. The van der Waals surface area contributed by atoms with Crippen molar-refractivity contribution in [3.63, 3.8) is 0 Å². The average Bonchev–Trinajstić information content (AvgIpc) is 3.40. The van der Waals surface area contributed by atoms with Crippen LogP contribution < -0.4 is 5.32 Å². The molecule has 152 valence electrons. The van der Waals surface area contributed by atoms with E-state index >= 15 is 0 Å². The van der Waals surface area contributed by atoms with Crippen LogP contribution in [0.15, 0.2) is 53.5 Å². The number of halogens is 1. The molecule has 1 amide bonds. The average molecular weight is 409 g/mol. The predicted molar refractivity (Wildman–Crippen MR) is 103 cm³/mol. The van der Waals surface area contributed by atoms with E-state index in [1.165, 1.54) is 24.5 Å². The van der Waals surface area contributed by atoms with Crippen molar-refractivity contribution < 1.29 is 23.5 Å². The SMILES string of the molecule is CCC(NC(=O)c1cncc2c1cnn2-c1ccc(F)cc1)c1nc(C(=O)O)co1. The second-order valence-corrected chi connectivity index (χ2v) is 6.46. The van der Waals surface area contributed by atoms with Crippen LogP contribution in [-0.4, -0.2) is 36.7 Å². The highest BCUT2D eigenvalue weighted by Crippen LogP contribution is 2.23. The van der Waals surface area contributed by atoms with Gasteiger partial charge in [0.1, 0.15) is 18.1 Å². The van der Waals surface area contributed by atoms with Crippen molar-refractivity contribution in [1.82, 2.24) is 25.1 Å². The summed E-state index contributed by atoms with van der Waals surface area (Å²) < 4.78 is 20.0. The fourth-order valence-electron chi connectivity index (χ4n) is 3.03. The van der Waals surface area contributed by atoms with Crippen LogP contribution in [0.25, 0.3) is 16.6 Å². The number of aromatic carboxylic acids is 1. The molecule has 3 aromatic heterocycles. The third-order valence-electron chi connectivity index (χ3n) is 4.57. The summed E-state index contributed by atoms with van der Waals surface area (Å²) in [5.41, 5.74) is 1.25. The van der Waals surface area contributed by atoms with E-state index in [1.54, 1.807) is 29.9 Å². The van der Waals surface area contributed by atoms with Gasteiger partial charge in [-0.15, -0.1) is 0 Å². The molecule has 0 saturated heterocycles. The van der Waals surface area contributed by atoms with Crippen LogP contribution >= 0.6 is 0 Å². The molecule has 30 heavy (non-hydrogen) atoms. The van der Waals surface area contributed by atoms with Crippen molar-refractivity contribution in [3.8, 4) is 5.69 Å². The van der Waals surface area contributed by atoms with Gasteiger partial charge in [-0.1, -0.05) is 6.92 Å². The number of carboxylic acids is 1. The topological polar surface area (TPSA) is 123 Å². The molecule has 4 aromatic rings. The van der Waals surface area contributed by atoms with Crippen LogP contribution in [0.1, 0.15) is 46.1 Å². The molecule has 1 aromatic carbocycles. The van der Waals surface area contributed by atoms with Gasteiger partial charge in [0.05, 0.1) is 29.2 Å². The third kappa shape index (κ3) is 3.50. The summed E-state index contributed by atoms with van der Waals surface area (Å²) in [5.74, 6) is -1.91. The summed E-state index contributed by atoms with van der Waals surface area (Å²) in [6.07, 6.45) is 5.97. The van der Waals surface area contributed by atoms with E-state index in [-0.39, 0.29) is 23.0 Å². The Kier molecular flexibility index (Phi) is 4.97. The number of nitrogens with one attached hydrogen (secondary N) is 1. The van der Waals surface area contributed by atoms with Gasteiger partial charge >= 0.3 is 5.97 Å². The Bertz CT molecular complexity index is 1230. The molecule has 0 spiro atoms. The number of aromatic nitrogens is 4. The summed E-state index contributed by atoms with van der Waals surface area (Å²) in [5, 5.41) is 16.6. The zero-order valence-electron chi connectivity index (χ0n) is 15.7. The number of amides is 1. The second kappa shape index (κ2) is 7.74. The highest BCUT2D eigenvalue weighted by molar-refractivity contribution is 6.06. The van der Waals surface area contributed by atoms with Crippen molar-refractivity contribution in [1.29, 1.82) is 0 Å². The van der Waals surface area contributed by atoms with Gasteiger partial charge in [0.15, 0.2) is 5.69 Å². The van der Waals surface area contributed by atoms with Gasteiger partial charge in [-0.2, -0.15) is 5.10 Å². The summed E-state index contributed by atoms with van der Waals surface area (Å²) in [7, 11) is 0. The maximum absolute atomic E-state index is 13.2. The maximum Gasteiger partial charge on any atom is 0.357 e. The fourth-order valence-corrected chi connectivity index (χ4v) is 3.03. The molecule has 9 nitrogen and oxygen atoms in total. The Morgan fingerprint density at radius 3 is 2.67 bits per heavy atom. The van der Waals surface area contributed by atoms with Crippen molar-refractivity contribution in [2.45, 2.75) is 19.4 Å². The normalized spacial score (nSPS) is 12.1. The lowest BCUT2D eigenvalue weighted by atomic mass is 10.1. The highest BCUT2D eigenvalue weighted by Gasteiger charge is 2.22. The van der Waals surface area contributed by atoms with Crippen LogP contribution in [-0.2, 0) is 0 Å². The summed E-state index contributed by atoms with van der Waals surface area (Å²) in [6.45, 7) is 1.81. The van der Waals surface area contributed by atoms with Gasteiger partial charge in [0.2, 0.25) is 5.89 Å². The number of carboxylic acid groups (broad SMARTS) is 1. The molecule has 1 unspecified atom stereocenters. The molecule has 0 aliphatic rings. The number of carbonyl (C=O) groups is 2. The monoisotopic (exact) mass is 409 g/mol. The van der Waals surface area contributed by atoms with Crippen molar-refractivity contribution in [2.24, 2.45) is 0 Å². The van der Waals surface area contributed by atoms with E-state index in [2.05, 4.69) is 20.4 Å². The summed E-state index contributed by atoms with van der Waals surface area (Å²) >= 11 is 0. The number of fused-ring (bicyclic) bond motifs is 1. The Hall–Kier alpha value is -4.08. The summed E-state index contributed by atoms with van der Waals surface area (Å²) in [4.78, 5) is 31.9. The van der Waals surface area contributed by atoms with E-state index in [4.69, 9.17) is 9.52 Å². The van der Waals surface area contributed by atoms with Gasteiger partial charge in [0, 0.05) is 11.6 Å². The predicted octanol–water partition coefficient (Wildman–Crippen LogP) is 3.13. The van der Waals surface area contributed by atoms with Gasteiger partial charge < -0.3 is 14.8 Å². The number of hydrogen-bond donors (Lipinski definition) is 2. The van der Waals surface area contributed by atoms with E-state index in [0.29, 0.717) is 23.0 Å². The van der Waals surface area contributed by atoms with Crippen molar-refractivity contribution >= 4 is 22.8 Å². The molecule has 1 atom stereocenters. The lowest BCUT2D eigenvalue weighted by Gasteiger charge is -2.13. The van der Waals surface area contributed by atoms with Crippen LogP contribution in [0.4, 0.5) is 4.39 Å². The molecule has 4 rings (SSSR count). The zero-order valence-corrected chi connectivity index (χ0v) is 15.7. The van der Waals surface area contributed by atoms with E-state index in [0.717, 1.165) is 6.26 Å². The number of hydrogen-bond acceptors (Lipinski definition) is 6. The first-order valence-electron chi connectivity index (χ1n) is 9.05. The van der Waals surface area contributed by atoms with Crippen LogP contribution in [0.3, 0.4) is 0 Å². The van der Waals surface area contributed by atoms with E-state index in [9.17, 15) is 14.0 Å². The summed E-state index contributed by atoms with van der Waals surface area (Å²) in [6, 6.07) is 5.17. The molecule has 3 heterocycles.